The Kier molecular flexibility index (Phi) is 8.44. The van der Waals surface area contributed by atoms with Gasteiger partial charge in [0.15, 0.2) is 0 Å². The van der Waals surface area contributed by atoms with Crippen LogP contribution in [0.3, 0.4) is 0 Å². The summed E-state index contributed by atoms with van der Waals surface area (Å²) in [5, 5.41) is 9.95. The fourth-order valence-electron chi connectivity index (χ4n) is 3.75. The highest BCUT2D eigenvalue weighted by molar-refractivity contribution is 6.32. The zero-order chi connectivity index (χ0) is 22.2. The predicted octanol–water partition coefficient (Wildman–Crippen LogP) is 6.16. The molecule has 1 aromatic heterocycles. The van der Waals surface area contributed by atoms with Crippen LogP contribution in [0.4, 0.5) is 0 Å². The molecule has 5 heteroatoms. The minimum Gasteiger partial charge on any atom is -0.506 e. The standard InChI is InChI=1S/C26H32ClN3O/c1-4-30(17-19(2)3)18-21-8-5-9-22(15-21)24-13-14-28-26(29-24)10-6-7-20-11-12-25(31)23(27)16-20/h5,8-9,11-16,19,31H,4,6-7,10,17-18H2,1-3H3. The minimum atomic E-state index is 0.120. The topological polar surface area (TPSA) is 49.2 Å². The minimum absolute atomic E-state index is 0.120. The van der Waals surface area contributed by atoms with E-state index >= 15 is 0 Å². The van der Waals surface area contributed by atoms with Gasteiger partial charge in [0.25, 0.3) is 0 Å². The highest BCUT2D eigenvalue weighted by Crippen LogP contribution is 2.24. The molecule has 0 unspecified atom stereocenters. The van der Waals surface area contributed by atoms with Crippen molar-refractivity contribution < 1.29 is 5.11 Å². The van der Waals surface area contributed by atoms with Crippen molar-refractivity contribution in [2.24, 2.45) is 5.92 Å². The Labute approximate surface area is 190 Å². The Bertz CT molecular complexity index is 990. The molecule has 0 saturated heterocycles. The monoisotopic (exact) mass is 437 g/mol. The van der Waals surface area contributed by atoms with Crippen LogP contribution in [0.25, 0.3) is 11.3 Å². The van der Waals surface area contributed by atoms with E-state index < -0.39 is 0 Å². The lowest BCUT2D eigenvalue weighted by atomic mass is 10.1. The Morgan fingerprint density at radius 1 is 1.03 bits per heavy atom. The summed E-state index contributed by atoms with van der Waals surface area (Å²) in [6.45, 7) is 9.84. The van der Waals surface area contributed by atoms with Gasteiger partial charge >= 0.3 is 0 Å². The van der Waals surface area contributed by atoms with E-state index in [0.717, 1.165) is 61.5 Å². The highest BCUT2D eigenvalue weighted by atomic mass is 35.5. The summed E-state index contributed by atoms with van der Waals surface area (Å²) in [4.78, 5) is 11.7. The third-order valence-electron chi connectivity index (χ3n) is 5.28. The summed E-state index contributed by atoms with van der Waals surface area (Å²) < 4.78 is 0. The molecule has 3 aromatic rings. The molecule has 0 saturated carbocycles. The molecular weight excluding hydrogens is 406 g/mol. The molecule has 1 N–H and O–H groups in total. The van der Waals surface area contributed by atoms with E-state index in [9.17, 15) is 5.11 Å². The molecule has 0 aliphatic carbocycles. The zero-order valence-corrected chi connectivity index (χ0v) is 19.4. The second-order valence-electron chi connectivity index (χ2n) is 8.42. The lowest BCUT2D eigenvalue weighted by molar-refractivity contribution is 0.248. The van der Waals surface area contributed by atoms with Gasteiger partial charge in [-0.3, -0.25) is 4.90 Å². The number of phenolic OH excluding ortho intramolecular Hbond substituents is 1. The van der Waals surface area contributed by atoms with Crippen molar-refractivity contribution in [3.63, 3.8) is 0 Å². The van der Waals surface area contributed by atoms with E-state index in [1.165, 1.54) is 5.56 Å². The number of aromatic nitrogens is 2. The van der Waals surface area contributed by atoms with Gasteiger partial charge in [-0.2, -0.15) is 0 Å². The van der Waals surface area contributed by atoms with Gasteiger partial charge in [-0.1, -0.05) is 56.6 Å². The van der Waals surface area contributed by atoms with Gasteiger partial charge in [0.1, 0.15) is 11.6 Å². The third kappa shape index (κ3) is 7.05. The Hall–Kier alpha value is -2.43. The molecule has 0 radical (unpaired) electrons. The van der Waals surface area contributed by atoms with E-state index in [4.69, 9.17) is 16.6 Å². The summed E-state index contributed by atoms with van der Waals surface area (Å²) >= 11 is 6.00. The van der Waals surface area contributed by atoms with Crippen molar-refractivity contribution in [2.75, 3.05) is 13.1 Å². The number of hydrogen-bond acceptors (Lipinski definition) is 4. The fourth-order valence-corrected chi connectivity index (χ4v) is 3.95. The molecule has 0 fully saturated rings. The number of phenols is 1. The molecule has 164 valence electrons. The molecule has 3 rings (SSSR count). The number of nitrogens with zero attached hydrogens (tertiary/aromatic N) is 3. The van der Waals surface area contributed by atoms with Crippen molar-refractivity contribution >= 4 is 11.6 Å². The van der Waals surface area contributed by atoms with Crippen LogP contribution in [0.1, 0.15) is 44.1 Å². The molecule has 0 aliphatic heterocycles. The van der Waals surface area contributed by atoms with E-state index in [2.05, 4.69) is 54.9 Å². The van der Waals surface area contributed by atoms with E-state index in [-0.39, 0.29) is 5.75 Å². The molecular formula is C26H32ClN3O. The first kappa shape index (κ1) is 23.2. The van der Waals surface area contributed by atoms with Crippen molar-refractivity contribution in [1.29, 1.82) is 0 Å². The van der Waals surface area contributed by atoms with E-state index in [0.29, 0.717) is 10.9 Å². The number of halogens is 1. The maximum absolute atomic E-state index is 9.55. The fraction of sp³-hybridized carbons (Fsp3) is 0.385. The molecule has 0 atom stereocenters. The maximum atomic E-state index is 9.55. The number of hydrogen-bond donors (Lipinski definition) is 1. The average molecular weight is 438 g/mol. The first-order valence-electron chi connectivity index (χ1n) is 11.1. The van der Waals surface area contributed by atoms with Gasteiger partial charge in [-0.25, -0.2) is 9.97 Å². The lowest BCUT2D eigenvalue weighted by Crippen LogP contribution is -2.27. The largest absolute Gasteiger partial charge is 0.506 e. The normalized spacial score (nSPS) is 11.4. The maximum Gasteiger partial charge on any atom is 0.134 e. The van der Waals surface area contributed by atoms with Gasteiger partial charge in [0.2, 0.25) is 0 Å². The van der Waals surface area contributed by atoms with Crippen molar-refractivity contribution in [3.8, 4) is 17.0 Å². The summed E-state index contributed by atoms with van der Waals surface area (Å²) in [7, 11) is 0. The highest BCUT2D eigenvalue weighted by Gasteiger charge is 2.09. The van der Waals surface area contributed by atoms with Crippen LogP contribution >= 0.6 is 11.6 Å². The summed E-state index contributed by atoms with van der Waals surface area (Å²) in [5.74, 6) is 1.63. The number of aryl methyl sites for hydroxylation is 2. The molecule has 0 aliphatic rings. The zero-order valence-electron chi connectivity index (χ0n) is 18.7. The van der Waals surface area contributed by atoms with E-state index in [1.807, 2.05) is 24.4 Å². The van der Waals surface area contributed by atoms with Gasteiger partial charge < -0.3 is 5.11 Å². The number of aromatic hydroxyl groups is 1. The van der Waals surface area contributed by atoms with Crippen LogP contribution in [0, 0.1) is 5.92 Å². The molecule has 0 spiro atoms. The van der Waals surface area contributed by atoms with Crippen LogP contribution in [0.5, 0.6) is 5.75 Å². The number of benzene rings is 2. The Balaban J connectivity index is 1.64. The van der Waals surface area contributed by atoms with Gasteiger partial charge in [-0.15, -0.1) is 0 Å². The smallest absolute Gasteiger partial charge is 0.134 e. The predicted molar refractivity (Wildman–Crippen MR) is 128 cm³/mol. The molecule has 0 bridgehead atoms. The summed E-state index contributed by atoms with van der Waals surface area (Å²) in [5.41, 5.74) is 4.51. The molecule has 0 amide bonds. The summed E-state index contributed by atoms with van der Waals surface area (Å²) in [6, 6.07) is 16.0. The lowest BCUT2D eigenvalue weighted by Gasteiger charge is -2.22. The van der Waals surface area contributed by atoms with Gasteiger partial charge in [0, 0.05) is 31.3 Å². The second-order valence-corrected chi connectivity index (χ2v) is 8.83. The molecule has 1 heterocycles. The Morgan fingerprint density at radius 2 is 1.87 bits per heavy atom. The van der Waals surface area contributed by atoms with Crippen LogP contribution in [-0.2, 0) is 19.4 Å². The van der Waals surface area contributed by atoms with E-state index in [1.54, 1.807) is 6.07 Å². The third-order valence-corrected chi connectivity index (χ3v) is 5.59. The van der Waals surface area contributed by atoms with Gasteiger partial charge in [-0.05, 0) is 60.7 Å². The first-order valence-corrected chi connectivity index (χ1v) is 11.4. The van der Waals surface area contributed by atoms with Crippen LogP contribution in [-0.4, -0.2) is 33.1 Å². The Morgan fingerprint density at radius 3 is 2.61 bits per heavy atom. The van der Waals surface area contributed by atoms with Crippen LogP contribution < -0.4 is 0 Å². The van der Waals surface area contributed by atoms with Crippen molar-refractivity contribution in [3.05, 3.63) is 76.7 Å². The van der Waals surface area contributed by atoms with Crippen LogP contribution in [0.15, 0.2) is 54.7 Å². The van der Waals surface area contributed by atoms with Crippen molar-refractivity contribution in [2.45, 2.75) is 46.6 Å². The van der Waals surface area contributed by atoms with Crippen LogP contribution in [0.2, 0.25) is 5.02 Å². The summed E-state index contributed by atoms with van der Waals surface area (Å²) in [6.07, 6.45) is 4.43. The molecule has 4 nitrogen and oxygen atoms in total. The molecule has 2 aromatic carbocycles. The second kappa shape index (κ2) is 11.3. The SMILES string of the molecule is CCN(Cc1cccc(-c2ccnc(CCCc3ccc(O)c(Cl)c3)n2)c1)CC(C)C. The van der Waals surface area contributed by atoms with Crippen molar-refractivity contribution in [1.82, 2.24) is 14.9 Å². The van der Waals surface area contributed by atoms with Gasteiger partial charge in [0.05, 0.1) is 10.7 Å². The number of rotatable bonds is 10. The first-order chi connectivity index (χ1) is 14.9. The quantitative estimate of drug-likeness (QED) is 0.413. The average Bonchev–Trinajstić information content (AvgIpc) is 2.76. The molecule has 31 heavy (non-hydrogen) atoms.